The van der Waals surface area contributed by atoms with Gasteiger partial charge in [-0.3, -0.25) is 0 Å². The van der Waals surface area contributed by atoms with Crippen molar-refractivity contribution in [1.82, 2.24) is 20.0 Å². The molecule has 4 nitrogen and oxygen atoms in total. The van der Waals surface area contributed by atoms with Crippen LogP contribution in [0.4, 0.5) is 22.0 Å². The molecule has 2 rings (SSSR count). The molecule has 0 saturated carbocycles. The number of alkyl halides is 5. The van der Waals surface area contributed by atoms with Crippen molar-refractivity contribution in [3.8, 4) is 0 Å². The highest BCUT2D eigenvalue weighted by Gasteiger charge is 2.60. The predicted molar refractivity (Wildman–Crippen MR) is 48.4 cm³/mol. The molecule has 2 aromatic heterocycles. The Kier molecular flexibility index (Phi) is 2.56. The number of rotatable bonds is 1. The summed E-state index contributed by atoms with van der Waals surface area (Å²) in [6.45, 7) is 0. The molecule has 0 unspecified atom stereocenters. The minimum absolute atomic E-state index is 0.0104. The molecule has 2 aromatic rings. The second kappa shape index (κ2) is 3.59. The molecule has 0 N–H and O–H groups in total. The van der Waals surface area contributed by atoms with Crippen molar-refractivity contribution in [1.29, 1.82) is 0 Å². The van der Waals surface area contributed by atoms with Crippen molar-refractivity contribution in [2.45, 2.75) is 12.1 Å². The second-order valence-corrected chi connectivity index (χ2v) is 4.01. The van der Waals surface area contributed by atoms with Crippen LogP contribution in [0, 0.1) is 0 Å². The smallest absolute Gasteiger partial charge is 0.199 e. The zero-order valence-electron chi connectivity index (χ0n) is 7.71. The van der Waals surface area contributed by atoms with Crippen LogP contribution in [0.1, 0.15) is 5.56 Å². The first kappa shape index (κ1) is 12.1. The molecular formula is C7H2BrF5N4. The van der Waals surface area contributed by atoms with Crippen LogP contribution in [0.3, 0.4) is 0 Å². The van der Waals surface area contributed by atoms with Crippen LogP contribution in [-0.2, 0) is 5.92 Å². The topological polar surface area (TPSA) is 43.1 Å². The quantitative estimate of drug-likeness (QED) is 0.759. The van der Waals surface area contributed by atoms with E-state index in [9.17, 15) is 22.0 Å². The van der Waals surface area contributed by atoms with E-state index in [1.807, 2.05) is 0 Å². The van der Waals surface area contributed by atoms with E-state index in [1.165, 1.54) is 6.20 Å². The largest absolute Gasteiger partial charge is 0.458 e. The van der Waals surface area contributed by atoms with Crippen molar-refractivity contribution in [2.24, 2.45) is 0 Å². The van der Waals surface area contributed by atoms with E-state index in [0.717, 1.165) is 4.52 Å². The van der Waals surface area contributed by atoms with Gasteiger partial charge in [-0.25, -0.2) is 0 Å². The van der Waals surface area contributed by atoms with Gasteiger partial charge in [0.1, 0.15) is 0 Å². The lowest BCUT2D eigenvalue weighted by atomic mass is 10.1. The molecule has 0 aliphatic carbocycles. The first-order valence-electron chi connectivity index (χ1n) is 4.06. The van der Waals surface area contributed by atoms with Crippen molar-refractivity contribution >= 4 is 21.6 Å². The summed E-state index contributed by atoms with van der Waals surface area (Å²) in [7, 11) is 0. The van der Waals surface area contributed by atoms with E-state index < -0.39 is 23.3 Å². The molecule has 0 atom stereocenters. The molecule has 0 radical (unpaired) electrons. The van der Waals surface area contributed by atoms with Gasteiger partial charge in [0.2, 0.25) is 0 Å². The Labute approximate surface area is 98.5 Å². The van der Waals surface area contributed by atoms with Crippen LogP contribution in [0.2, 0.25) is 0 Å². The number of pyridine rings is 1. The highest BCUT2D eigenvalue weighted by atomic mass is 79.9. The Bertz CT molecular complexity index is 563. The van der Waals surface area contributed by atoms with Crippen molar-refractivity contribution < 1.29 is 22.0 Å². The first-order chi connectivity index (χ1) is 7.73. The summed E-state index contributed by atoms with van der Waals surface area (Å²) in [5.41, 5.74) is -1.94. The van der Waals surface area contributed by atoms with Gasteiger partial charge in [0.15, 0.2) is 5.65 Å². The van der Waals surface area contributed by atoms with Gasteiger partial charge < -0.3 is 0 Å². The third-order valence-corrected chi connectivity index (χ3v) is 2.39. The van der Waals surface area contributed by atoms with Gasteiger partial charge in [0.25, 0.3) is 0 Å². The summed E-state index contributed by atoms with van der Waals surface area (Å²) < 4.78 is 63.9. The summed E-state index contributed by atoms with van der Waals surface area (Å²) in [5, 5.41) is 9.44. The summed E-state index contributed by atoms with van der Waals surface area (Å²) in [5.74, 6) is -5.02. The molecule has 17 heavy (non-hydrogen) atoms. The number of aromatic nitrogens is 4. The molecule has 0 spiro atoms. The average molecular weight is 317 g/mol. The molecule has 92 valence electrons. The Morgan fingerprint density at radius 3 is 2.41 bits per heavy atom. The van der Waals surface area contributed by atoms with Gasteiger partial charge in [-0.15, -0.1) is 5.10 Å². The summed E-state index contributed by atoms with van der Waals surface area (Å²) in [6.07, 6.45) is -4.54. The van der Waals surface area contributed by atoms with Crippen LogP contribution in [0.15, 0.2) is 16.7 Å². The van der Waals surface area contributed by atoms with E-state index in [1.54, 1.807) is 0 Å². The number of fused-ring (bicyclic) bond motifs is 1. The van der Waals surface area contributed by atoms with Crippen LogP contribution in [0.25, 0.3) is 5.65 Å². The molecule has 0 aromatic carbocycles. The van der Waals surface area contributed by atoms with Gasteiger partial charge in [-0.1, -0.05) is 0 Å². The minimum atomic E-state index is -5.71. The fourth-order valence-corrected chi connectivity index (χ4v) is 1.62. The molecule has 2 heterocycles. The second-order valence-electron chi connectivity index (χ2n) is 3.09. The van der Waals surface area contributed by atoms with Crippen LogP contribution in [-0.4, -0.2) is 26.2 Å². The highest BCUT2D eigenvalue weighted by Crippen LogP contribution is 2.45. The number of nitrogens with zero attached hydrogens (tertiary/aromatic N) is 4. The van der Waals surface area contributed by atoms with E-state index >= 15 is 0 Å². The Balaban J connectivity index is 2.74. The fourth-order valence-electron chi connectivity index (χ4n) is 1.20. The zero-order valence-corrected chi connectivity index (χ0v) is 9.30. The monoisotopic (exact) mass is 316 g/mol. The van der Waals surface area contributed by atoms with Crippen LogP contribution < -0.4 is 0 Å². The summed E-state index contributed by atoms with van der Waals surface area (Å²) in [6, 6.07) is 0.638. The van der Waals surface area contributed by atoms with E-state index in [4.69, 9.17) is 0 Å². The fraction of sp³-hybridized carbons (Fsp3) is 0.286. The van der Waals surface area contributed by atoms with Crippen LogP contribution in [0.5, 0.6) is 0 Å². The van der Waals surface area contributed by atoms with E-state index in [0.29, 0.717) is 6.07 Å². The molecule has 0 aliphatic heterocycles. The third kappa shape index (κ3) is 1.85. The third-order valence-electron chi connectivity index (χ3n) is 1.96. The normalized spacial score (nSPS) is 13.3. The van der Waals surface area contributed by atoms with Gasteiger partial charge >= 0.3 is 12.1 Å². The molecule has 0 amide bonds. The minimum Gasteiger partial charge on any atom is -0.199 e. The molecule has 0 fully saturated rings. The number of halogens is 6. The van der Waals surface area contributed by atoms with Crippen molar-refractivity contribution in [2.75, 3.05) is 0 Å². The van der Waals surface area contributed by atoms with E-state index in [2.05, 4.69) is 31.5 Å². The summed E-state index contributed by atoms with van der Waals surface area (Å²) in [4.78, 5) is 0. The Morgan fingerprint density at radius 2 is 1.82 bits per heavy atom. The van der Waals surface area contributed by atoms with Gasteiger partial charge in [-0.05, 0) is 32.4 Å². The lowest BCUT2D eigenvalue weighted by molar-refractivity contribution is -0.289. The maximum atomic E-state index is 13.2. The molecule has 0 saturated heterocycles. The SMILES string of the molecule is FC(F)(F)C(F)(F)c1cc(Br)cn2nnnc12. The van der Waals surface area contributed by atoms with Crippen molar-refractivity contribution in [3.05, 3.63) is 22.3 Å². The van der Waals surface area contributed by atoms with Crippen molar-refractivity contribution in [3.63, 3.8) is 0 Å². The lowest BCUT2D eigenvalue weighted by Crippen LogP contribution is -2.34. The average Bonchev–Trinajstić information content (AvgIpc) is 2.61. The summed E-state index contributed by atoms with van der Waals surface area (Å²) >= 11 is 2.81. The lowest BCUT2D eigenvalue weighted by Gasteiger charge is -2.19. The van der Waals surface area contributed by atoms with E-state index in [-0.39, 0.29) is 4.47 Å². The number of hydrogen-bond donors (Lipinski definition) is 0. The number of tetrazole rings is 1. The zero-order chi connectivity index (χ0) is 12.8. The van der Waals surface area contributed by atoms with Gasteiger partial charge in [-0.2, -0.15) is 26.5 Å². The van der Waals surface area contributed by atoms with Gasteiger partial charge in [0.05, 0.1) is 5.56 Å². The Morgan fingerprint density at radius 1 is 1.18 bits per heavy atom. The van der Waals surface area contributed by atoms with Crippen LogP contribution >= 0.6 is 15.9 Å². The highest BCUT2D eigenvalue weighted by molar-refractivity contribution is 9.10. The van der Waals surface area contributed by atoms with Gasteiger partial charge in [0, 0.05) is 10.7 Å². The Hall–Kier alpha value is -1.32. The molecule has 0 bridgehead atoms. The molecular weight excluding hydrogens is 315 g/mol. The molecule has 10 heteroatoms. The maximum absolute atomic E-state index is 13.2. The first-order valence-corrected chi connectivity index (χ1v) is 4.85. The number of hydrogen-bond acceptors (Lipinski definition) is 3. The maximum Gasteiger partial charge on any atom is 0.458 e. The standard InChI is InChI=1S/C7H2BrF5N4/c8-3-1-4(6(9,10)7(11,12)13)5-14-15-16-17(5)2-3/h1-2H. The predicted octanol–water partition coefficient (Wildman–Crippen LogP) is 2.54. The molecule has 0 aliphatic rings.